The lowest BCUT2D eigenvalue weighted by Crippen LogP contribution is -2.35. The second kappa shape index (κ2) is 6.48. The van der Waals surface area contributed by atoms with Gasteiger partial charge < -0.3 is 4.57 Å². The van der Waals surface area contributed by atoms with Gasteiger partial charge in [0.05, 0.1) is 12.6 Å². The highest BCUT2D eigenvalue weighted by Crippen LogP contribution is 2.35. The fraction of sp³-hybridized carbons (Fsp3) is 0.824. The summed E-state index contributed by atoms with van der Waals surface area (Å²) in [6.07, 6.45) is 9.74. The van der Waals surface area contributed by atoms with Crippen LogP contribution < -0.4 is 0 Å². The molecule has 8 heteroatoms. The zero-order chi connectivity index (χ0) is 16.6. The molecule has 1 saturated carbocycles. The van der Waals surface area contributed by atoms with Gasteiger partial charge in [0.2, 0.25) is 0 Å². The Bertz CT molecular complexity index is 731. The van der Waals surface area contributed by atoms with Crippen molar-refractivity contribution in [1.82, 2.24) is 39.9 Å². The molecule has 0 unspecified atom stereocenters. The van der Waals surface area contributed by atoms with E-state index in [1.165, 1.54) is 56.6 Å². The number of nitrogens with zero attached hydrogens (tertiary/aromatic N) is 8. The molecule has 8 nitrogen and oxygen atoms in total. The lowest BCUT2D eigenvalue weighted by Gasteiger charge is -2.32. The number of aryl methyl sites for hydroxylation is 1. The van der Waals surface area contributed by atoms with Crippen LogP contribution in [0.25, 0.3) is 0 Å². The summed E-state index contributed by atoms with van der Waals surface area (Å²) >= 11 is 0. The summed E-state index contributed by atoms with van der Waals surface area (Å²) < 4.78 is 4.45. The Hall–Kier alpha value is -1.83. The molecule has 2 fully saturated rings. The standard InChI is InChI=1S/C17H26N8/c1-2-6-15-18-20-17(24(15)10-3-1)13-5-4-9-23(11-13)12-16-19-21-22-25(16)14-7-8-14/h13-14H,1-12H2/t13-/m1/s1. The predicted octanol–water partition coefficient (Wildman–Crippen LogP) is 1.71. The van der Waals surface area contributed by atoms with Crippen LogP contribution in [0.15, 0.2) is 0 Å². The summed E-state index contributed by atoms with van der Waals surface area (Å²) in [7, 11) is 0. The molecule has 1 saturated heterocycles. The SMILES string of the molecule is C1CCc2nnc([C@@H]3CCCN(Cc4nnnn4C4CC4)C3)n2CC1. The van der Waals surface area contributed by atoms with E-state index in [2.05, 4.69) is 35.2 Å². The number of hydrogen-bond donors (Lipinski definition) is 0. The first-order chi connectivity index (χ1) is 12.4. The van der Waals surface area contributed by atoms with Crippen molar-refractivity contribution in [2.24, 2.45) is 0 Å². The summed E-state index contributed by atoms with van der Waals surface area (Å²) in [5, 5.41) is 21.4. The molecule has 3 aliphatic rings. The van der Waals surface area contributed by atoms with Crippen LogP contribution >= 0.6 is 0 Å². The van der Waals surface area contributed by atoms with E-state index in [0.717, 1.165) is 38.4 Å². The molecule has 0 radical (unpaired) electrons. The second-order valence-electron chi connectivity index (χ2n) is 7.78. The van der Waals surface area contributed by atoms with Crippen molar-refractivity contribution in [3.63, 3.8) is 0 Å². The molecule has 2 aliphatic heterocycles. The van der Waals surface area contributed by atoms with Crippen LogP contribution in [-0.4, -0.2) is 53.0 Å². The van der Waals surface area contributed by atoms with Gasteiger partial charge in [0, 0.05) is 25.4 Å². The average molecular weight is 342 g/mol. The Morgan fingerprint density at radius 2 is 1.88 bits per heavy atom. The summed E-state index contributed by atoms with van der Waals surface area (Å²) in [6.45, 7) is 4.10. The minimum Gasteiger partial charge on any atom is -0.315 e. The summed E-state index contributed by atoms with van der Waals surface area (Å²) in [6, 6.07) is 0.540. The lowest BCUT2D eigenvalue weighted by molar-refractivity contribution is 0.187. The van der Waals surface area contributed by atoms with E-state index in [4.69, 9.17) is 0 Å². The van der Waals surface area contributed by atoms with Crippen LogP contribution in [0.2, 0.25) is 0 Å². The molecular weight excluding hydrogens is 316 g/mol. The third-order valence-electron chi connectivity index (χ3n) is 5.83. The quantitative estimate of drug-likeness (QED) is 0.842. The molecule has 0 aromatic carbocycles. The fourth-order valence-corrected chi connectivity index (χ4v) is 4.34. The Morgan fingerprint density at radius 3 is 2.80 bits per heavy atom. The smallest absolute Gasteiger partial charge is 0.165 e. The monoisotopic (exact) mass is 342 g/mol. The van der Waals surface area contributed by atoms with Crippen LogP contribution in [0.4, 0.5) is 0 Å². The number of piperidine rings is 1. The van der Waals surface area contributed by atoms with Gasteiger partial charge in [0.1, 0.15) is 11.6 Å². The number of likely N-dealkylation sites (tertiary alicyclic amines) is 1. The van der Waals surface area contributed by atoms with Gasteiger partial charge >= 0.3 is 0 Å². The largest absolute Gasteiger partial charge is 0.315 e. The zero-order valence-electron chi connectivity index (χ0n) is 14.7. The average Bonchev–Trinajstić information content (AvgIpc) is 3.32. The topological polar surface area (TPSA) is 77.6 Å². The van der Waals surface area contributed by atoms with E-state index >= 15 is 0 Å². The Labute approximate surface area is 147 Å². The van der Waals surface area contributed by atoms with Gasteiger partial charge in [-0.05, 0) is 55.5 Å². The highest BCUT2D eigenvalue weighted by atomic mass is 15.6. The first-order valence-corrected chi connectivity index (χ1v) is 9.79. The molecule has 5 rings (SSSR count). The fourth-order valence-electron chi connectivity index (χ4n) is 4.34. The van der Waals surface area contributed by atoms with Crippen molar-refractivity contribution < 1.29 is 0 Å². The molecule has 1 atom stereocenters. The number of hydrogen-bond acceptors (Lipinski definition) is 6. The second-order valence-corrected chi connectivity index (χ2v) is 7.78. The highest BCUT2D eigenvalue weighted by molar-refractivity contribution is 5.06. The van der Waals surface area contributed by atoms with Gasteiger partial charge in [-0.15, -0.1) is 15.3 Å². The van der Waals surface area contributed by atoms with Gasteiger partial charge in [-0.2, -0.15) is 0 Å². The first-order valence-electron chi connectivity index (χ1n) is 9.79. The Balaban J connectivity index is 1.31. The van der Waals surface area contributed by atoms with Crippen LogP contribution in [-0.2, 0) is 19.5 Å². The number of fused-ring (bicyclic) bond motifs is 1. The molecule has 1 aliphatic carbocycles. The molecule has 0 amide bonds. The maximum absolute atomic E-state index is 4.59. The van der Waals surface area contributed by atoms with E-state index in [0.29, 0.717) is 12.0 Å². The van der Waals surface area contributed by atoms with E-state index in [1.807, 2.05) is 4.68 Å². The normalized spacial score (nSPS) is 24.9. The van der Waals surface area contributed by atoms with Gasteiger partial charge in [0.25, 0.3) is 0 Å². The molecule has 134 valence electrons. The van der Waals surface area contributed by atoms with Gasteiger partial charge in [-0.1, -0.05) is 6.42 Å². The van der Waals surface area contributed by atoms with Crippen LogP contribution in [0.3, 0.4) is 0 Å². The molecular formula is C17H26N8. The molecule has 25 heavy (non-hydrogen) atoms. The predicted molar refractivity (Wildman–Crippen MR) is 90.9 cm³/mol. The van der Waals surface area contributed by atoms with Crippen molar-refractivity contribution in [1.29, 1.82) is 0 Å². The highest BCUT2D eigenvalue weighted by Gasteiger charge is 2.31. The van der Waals surface area contributed by atoms with Gasteiger partial charge in [-0.25, -0.2) is 4.68 Å². The minimum absolute atomic E-state index is 0.485. The van der Waals surface area contributed by atoms with E-state index in [-0.39, 0.29) is 0 Å². The van der Waals surface area contributed by atoms with Crippen molar-refractivity contribution in [2.45, 2.75) is 76.4 Å². The van der Waals surface area contributed by atoms with Crippen LogP contribution in [0.1, 0.15) is 74.4 Å². The Morgan fingerprint density at radius 1 is 0.920 bits per heavy atom. The maximum Gasteiger partial charge on any atom is 0.165 e. The number of aromatic nitrogens is 7. The summed E-state index contributed by atoms with van der Waals surface area (Å²) in [4.78, 5) is 2.50. The van der Waals surface area contributed by atoms with Crippen molar-refractivity contribution in [2.75, 3.05) is 13.1 Å². The number of rotatable bonds is 4. The molecule has 4 heterocycles. The van der Waals surface area contributed by atoms with E-state index < -0.39 is 0 Å². The minimum atomic E-state index is 0.485. The molecule has 2 aromatic rings. The van der Waals surface area contributed by atoms with Crippen molar-refractivity contribution >= 4 is 0 Å². The maximum atomic E-state index is 4.59. The molecule has 0 spiro atoms. The third-order valence-corrected chi connectivity index (χ3v) is 5.83. The molecule has 0 N–H and O–H groups in total. The number of tetrazole rings is 1. The van der Waals surface area contributed by atoms with Crippen molar-refractivity contribution in [3.05, 3.63) is 17.5 Å². The zero-order valence-corrected chi connectivity index (χ0v) is 14.7. The molecule has 2 aromatic heterocycles. The first kappa shape index (κ1) is 15.4. The molecule has 0 bridgehead atoms. The summed E-state index contributed by atoms with van der Waals surface area (Å²) in [5.41, 5.74) is 0. The van der Waals surface area contributed by atoms with E-state index in [1.54, 1.807) is 0 Å². The van der Waals surface area contributed by atoms with Gasteiger partial charge in [-0.3, -0.25) is 4.90 Å². The van der Waals surface area contributed by atoms with E-state index in [9.17, 15) is 0 Å². The Kier molecular flexibility index (Phi) is 4.00. The third kappa shape index (κ3) is 3.07. The van der Waals surface area contributed by atoms with Crippen molar-refractivity contribution in [3.8, 4) is 0 Å². The lowest BCUT2D eigenvalue weighted by atomic mass is 9.97. The van der Waals surface area contributed by atoms with Crippen LogP contribution in [0, 0.1) is 0 Å². The van der Waals surface area contributed by atoms with Crippen LogP contribution in [0.5, 0.6) is 0 Å². The van der Waals surface area contributed by atoms with Gasteiger partial charge in [0.15, 0.2) is 5.82 Å². The summed E-state index contributed by atoms with van der Waals surface area (Å²) in [5.74, 6) is 3.91.